The molecule has 0 bridgehead atoms. The Bertz CT molecular complexity index is 524. The van der Waals surface area contributed by atoms with Gasteiger partial charge in [0.15, 0.2) is 5.96 Å². The largest absolute Gasteiger partial charge is 0.444 e. The van der Waals surface area contributed by atoms with Crippen molar-refractivity contribution in [2.45, 2.75) is 46.3 Å². The number of benzene rings is 1. The Morgan fingerprint density at radius 2 is 1.88 bits per heavy atom. The fourth-order valence-corrected chi connectivity index (χ4v) is 1.99. The Kier molecular flexibility index (Phi) is 8.09. The van der Waals surface area contributed by atoms with Gasteiger partial charge in [0.05, 0.1) is 12.6 Å². The highest BCUT2D eigenvalue weighted by atomic mass is 16.6. The van der Waals surface area contributed by atoms with E-state index >= 15 is 0 Å². The molecular weight excluding hydrogens is 304 g/mol. The fraction of sp³-hybridized carbons (Fsp3) is 0.556. The van der Waals surface area contributed by atoms with Crippen molar-refractivity contribution in [1.29, 1.82) is 0 Å². The lowest BCUT2D eigenvalue weighted by molar-refractivity contribution is 0.0529. The van der Waals surface area contributed by atoms with Crippen LogP contribution in [0, 0.1) is 0 Å². The second kappa shape index (κ2) is 9.80. The van der Waals surface area contributed by atoms with Gasteiger partial charge >= 0.3 is 6.09 Å². The van der Waals surface area contributed by atoms with Gasteiger partial charge in [-0.3, -0.25) is 4.99 Å². The molecule has 6 heteroatoms. The molecule has 0 fully saturated rings. The molecule has 134 valence electrons. The molecule has 1 aromatic carbocycles. The van der Waals surface area contributed by atoms with Crippen LogP contribution in [0.2, 0.25) is 0 Å². The van der Waals surface area contributed by atoms with E-state index in [1.165, 1.54) is 5.56 Å². The number of nitrogens with zero attached hydrogens (tertiary/aromatic N) is 1. The summed E-state index contributed by atoms with van der Waals surface area (Å²) >= 11 is 0. The lowest BCUT2D eigenvalue weighted by Crippen LogP contribution is -2.39. The number of alkyl carbamates (subject to hydrolysis) is 1. The number of hydrogen-bond donors (Lipinski definition) is 3. The predicted octanol–water partition coefficient (Wildman–Crippen LogP) is 2.83. The summed E-state index contributed by atoms with van der Waals surface area (Å²) in [5, 5.41) is 9.26. The summed E-state index contributed by atoms with van der Waals surface area (Å²) in [5.74, 6) is 0.722. The van der Waals surface area contributed by atoms with E-state index in [9.17, 15) is 4.79 Å². The van der Waals surface area contributed by atoms with E-state index in [0.717, 1.165) is 12.5 Å². The van der Waals surface area contributed by atoms with Crippen LogP contribution in [0.4, 0.5) is 4.79 Å². The minimum Gasteiger partial charge on any atom is -0.444 e. The lowest BCUT2D eigenvalue weighted by Gasteiger charge is -2.20. The molecule has 0 saturated carbocycles. The molecule has 0 heterocycles. The SMILES string of the molecule is CCNC(=NCCNC(=O)OC(C)(C)C)NC(C)c1ccccc1. The van der Waals surface area contributed by atoms with E-state index in [1.54, 1.807) is 0 Å². The van der Waals surface area contributed by atoms with Crippen molar-refractivity contribution >= 4 is 12.1 Å². The third-order valence-corrected chi connectivity index (χ3v) is 3.05. The Morgan fingerprint density at radius 1 is 1.21 bits per heavy atom. The summed E-state index contributed by atoms with van der Waals surface area (Å²) in [6.07, 6.45) is -0.423. The summed E-state index contributed by atoms with van der Waals surface area (Å²) < 4.78 is 5.18. The molecule has 24 heavy (non-hydrogen) atoms. The van der Waals surface area contributed by atoms with Crippen molar-refractivity contribution < 1.29 is 9.53 Å². The first kappa shape index (κ1) is 19.8. The van der Waals surface area contributed by atoms with Gasteiger partial charge in [-0.2, -0.15) is 0 Å². The number of ether oxygens (including phenoxy) is 1. The standard InChI is InChI=1S/C18H30N4O2/c1-6-19-16(22-14(2)15-10-8-7-9-11-15)20-12-13-21-17(23)24-18(3,4)5/h7-11,14H,6,12-13H2,1-5H3,(H,21,23)(H2,19,20,22). The minimum absolute atomic E-state index is 0.141. The van der Waals surface area contributed by atoms with Gasteiger partial charge in [0.25, 0.3) is 0 Å². The molecular formula is C18H30N4O2. The predicted molar refractivity (Wildman–Crippen MR) is 98.2 cm³/mol. The summed E-state index contributed by atoms with van der Waals surface area (Å²) in [7, 11) is 0. The van der Waals surface area contributed by atoms with Crippen molar-refractivity contribution in [2.24, 2.45) is 4.99 Å². The second-order valence-electron chi connectivity index (χ2n) is 6.47. The van der Waals surface area contributed by atoms with Crippen LogP contribution in [-0.2, 0) is 4.74 Å². The van der Waals surface area contributed by atoms with E-state index in [1.807, 2.05) is 45.9 Å². The van der Waals surface area contributed by atoms with Crippen LogP contribution in [0.15, 0.2) is 35.3 Å². The average Bonchev–Trinajstić information content (AvgIpc) is 2.50. The molecule has 1 rings (SSSR count). The van der Waals surface area contributed by atoms with E-state index in [4.69, 9.17) is 4.74 Å². The van der Waals surface area contributed by atoms with E-state index in [-0.39, 0.29) is 6.04 Å². The molecule has 0 saturated heterocycles. The molecule has 6 nitrogen and oxygen atoms in total. The Morgan fingerprint density at radius 3 is 2.46 bits per heavy atom. The van der Waals surface area contributed by atoms with E-state index in [2.05, 4.69) is 40.0 Å². The van der Waals surface area contributed by atoms with E-state index < -0.39 is 11.7 Å². The van der Waals surface area contributed by atoms with Crippen molar-refractivity contribution in [3.63, 3.8) is 0 Å². The maximum atomic E-state index is 11.6. The van der Waals surface area contributed by atoms with Crippen molar-refractivity contribution in [1.82, 2.24) is 16.0 Å². The van der Waals surface area contributed by atoms with Crippen LogP contribution in [0.1, 0.15) is 46.2 Å². The molecule has 0 aliphatic rings. The first-order chi connectivity index (χ1) is 11.3. The topological polar surface area (TPSA) is 74.8 Å². The molecule has 1 amide bonds. The molecule has 0 spiro atoms. The zero-order valence-corrected chi connectivity index (χ0v) is 15.3. The normalized spacial score (nSPS) is 13.1. The van der Waals surface area contributed by atoms with Crippen molar-refractivity contribution in [2.75, 3.05) is 19.6 Å². The molecule has 3 N–H and O–H groups in total. The van der Waals surface area contributed by atoms with Crippen molar-refractivity contribution in [3.05, 3.63) is 35.9 Å². The number of rotatable bonds is 6. The molecule has 0 aliphatic carbocycles. The molecule has 0 aromatic heterocycles. The second-order valence-corrected chi connectivity index (χ2v) is 6.47. The third kappa shape index (κ3) is 8.41. The van der Waals surface area contributed by atoms with Gasteiger partial charge in [0.1, 0.15) is 5.60 Å². The first-order valence-electron chi connectivity index (χ1n) is 8.38. The maximum Gasteiger partial charge on any atom is 0.407 e. The molecule has 1 aromatic rings. The zero-order chi connectivity index (χ0) is 18.0. The molecule has 0 aliphatic heterocycles. The van der Waals surface area contributed by atoms with Gasteiger partial charge in [-0.1, -0.05) is 30.3 Å². The maximum absolute atomic E-state index is 11.6. The number of aliphatic imine (C=N–C) groups is 1. The molecule has 1 unspecified atom stereocenters. The highest BCUT2D eigenvalue weighted by Crippen LogP contribution is 2.10. The van der Waals surface area contributed by atoms with Crippen LogP contribution < -0.4 is 16.0 Å². The van der Waals surface area contributed by atoms with Gasteiger partial charge in [-0.05, 0) is 40.2 Å². The van der Waals surface area contributed by atoms with Crippen molar-refractivity contribution in [3.8, 4) is 0 Å². The quantitative estimate of drug-likeness (QED) is 0.425. The monoisotopic (exact) mass is 334 g/mol. The zero-order valence-electron chi connectivity index (χ0n) is 15.3. The molecule has 0 radical (unpaired) electrons. The number of amides is 1. The number of guanidine groups is 1. The summed E-state index contributed by atoms with van der Waals surface area (Å²) in [6.45, 7) is 11.3. The first-order valence-corrected chi connectivity index (χ1v) is 8.38. The lowest BCUT2D eigenvalue weighted by atomic mass is 10.1. The minimum atomic E-state index is -0.491. The summed E-state index contributed by atoms with van der Waals surface area (Å²) in [4.78, 5) is 16.1. The highest BCUT2D eigenvalue weighted by molar-refractivity contribution is 5.80. The third-order valence-electron chi connectivity index (χ3n) is 3.05. The van der Waals surface area contributed by atoms with Crippen LogP contribution in [-0.4, -0.2) is 37.3 Å². The van der Waals surface area contributed by atoms with E-state index in [0.29, 0.717) is 13.1 Å². The van der Waals surface area contributed by atoms with Gasteiger partial charge in [-0.15, -0.1) is 0 Å². The molecule has 1 atom stereocenters. The Labute approximate surface area is 145 Å². The fourth-order valence-electron chi connectivity index (χ4n) is 1.99. The Balaban J connectivity index is 2.46. The highest BCUT2D eigenvalue weighted by Gasteiger charge is 2.15. The number of carbonyl (C=O) groups is 1. The van der Waals surface area contributed by atoms with Gasteiger partial charge in [-0.25, -0.2) is 4.79 Å². The van der Waals surface area contributed by atoms with Crippen LogP contribution in [0.5, 0.6) is 0 Å². The number of hydrogen-bond acceptors (Lipinski definition) is 3. The average molecular weight is 334 g/mol. The van der Waals surface area contributed by atoms with Gasteiger partial charge in [0, 0.05) is 13.1 Å². The van der Waals surface area contributed by atoms with Gasteiger partial charge in [0.2, 0.25) is 0 Å². The van der Waals surface area contributed by atoms with Crippen LogP contribution in [0.3, 0.4) is 0 Å². The van der Waals surface area contributed by atoms with Crippen LogP contribution >= 0.6 is 0 Å². The summed E-state index contributed by atoms with van der Waals surface area (Å²) in [6, 6.07) is 10.3. The van der Waals surface area contributed by atoms with Crippen LogP contribution in [0.25, 0.3) is 0 Å². The summed E-state index contributed by atoms with van der Waals surface area (Å²) in [5.41, 5.74) is 0.699. The van der Waals surface area contributed by atoms with Gasteiger partial charge < -0.3 is 20.7 Å². The number of carbonyl (C=O) groups excluding carboxylic acids is 1. The Hall–Kier alpha value is -2.24. The smallest absolute Gasteiger partial charge is 0.407 e. The number of nitrogens with one attached hydrogen (secondary N) is 3.